The second-order valence-corrected chi connectivity index (χ2v) is 8.57. The van der Waals surface area contributed by atoms with Crippen LogP contribution in [-0.2, 0) is 11.3 Å². The van der Waals surface area contributed by atoms with Gasteiger partial charge in [0.2, 0.25) is 5.82 Å². The molecule has 2 amide bonds. The normalized spacial score (nSPS) is 14.6. The quantitative estimate of drug-likeness (QED) is 0.407. The molecule has 5 rings (SSSR count). The van der Waals surface area contributed by atoms with E-state index in [0.29, 0.717) is 18.0 Å². The Hall–Kier alpha value is -4.97. The Balaban J connectivity index is 1.31. The summed E-state index contributed by atoms with van der Waals surface area (Å²) in [6, 6.07) is 18.0. The van der Waals surface area contributed by atoms with E-state index in [1.807, 2.05) is 48.5 Å². The number of carbonyl (C=O) groups excluding carboxylic acids is 2. The number of pyridine rings is 1. The fourth-order valence-corrected chi connectivity index (χ4v) is 3.96. The Morgan fingerprint density at radius 1 is 1.11 bits per heavy atom. The molecular weight excluding hydrogens is 468 g/mol. The maximum absolute atomic E-state index is 13.4. The third kappa shape index (κ3) is 5.18. The van der Waals surface area contributed by atoms with E-state index < -0.39 is 11.9 Å². The number of rotatable bonds is 4. The van der Waals surface area contributed by atoms with Crippen LogP contribution >= 0.6 is 0 Å². The first-order chi connectivity index (χ1) is 18.0. The number of nitrogens with zero attached hydrogens (tertiary/aromatic N) is 6. The largest absolute Gasteiger partial charge is 0.489 e. The number of likely N-dealkylation sites (N-methyl/N-ethyl adjacent to an activating group) is 2. The van der Waals surface area contributed by atoms with Crippen molar-refractivity contribution in [2.75, 3.05) is 25.6 Å². The smallest absolute Gasteiger partial charge is 0.294 e. The van der Waals surface area contributed by atoms with Gasteiger partial charge in [-0.2, -0.15) is 0 Å². The summed E-state index contributed by atoms with van der Waals surface area (Å²) in [6.07, 6.45) is 4.89. The summed E-state index contributed by atoms with van der Waals surface area (Å²) in [5.74, 6) is 5.97. The summed E-state index contributed by atoms with van der Waals surface area (Å²) in [5.41, 5.74) is 3.13. The molecule has 0 unspecified atom stereocenters. The van der Waals surface area contributed by atoms with Crippen molar-refractivity contribution in [3.8, 4) is 17.6 Å². The van der Waals surface area contributed by atoms with Crippen molar-refractivity contribution in [1.29, 1.82) is 0 Å². The molecule has 0 saturated heterocycles. The van der Waals surface area contributed by atoms with Gasteiger partial charge in [-0.3, -0.25) is 14.6 Å². The summed E-state index contributed by atoms with van der Waals surface area (Å²) in [5, 5.41) is 4.31. The fourth-order valence-electron chi connectivity index (χ4n) is 3.96. The number of carbonyl (C=O) groups is 2. The van der Waals surface area contributed by atoms with E-state index in [-0.39, 0.29) is 18.3 Å². The van der Waals surface area contributed by atoms with Crippen LogP contribution in [0.1, 0.15) is 27.3 Å². The van der Waals surface area contributed by atoms with Gasteiger partial charge in [-0.1, -0.05) is 42.2 Å². The van der Waals surface area contributed by atoms with Gasteiger partial charge in [0.25, 0.3) is 11.8 Å². The monoisotopic (exact) mass is 492 g/mol. The Labute approximate surface area is 214 Å². The first-order valence-electron chi connectivity index (χ1n) is 11.7. The topological polar surface area (TPSA) is 93.5 Å². The van der Waals surface area contributed by atoms with Crippen molar-refractivity contribution in [2.24, 2.45) is 0 Å². The molecule has 0 bridgehead atoms. The molecule has 0 saturated carbocycles. The van der Waals surface area contributed by atoms with Gasteiger partial charge in [0.1, 0.15) is 24.7 Å². The Morgan fingerprint density at radius 3 is 2.70 bits per heavy atom. The third-order valence-corrected chi connectivity index (χ3v) is 6.05. The predicted octanol–water partition coefficient (Wildman–Crippen LogP) is 2.62. The van der Waals surface area contributed by atoms with Crippen LogP contribution in [0.15, 0.2) is 79.4 Å². The zero-order chi connectivity index (χ0) is 25.8. The van der Waals surface area contributed by atoms with Crippen LogP contribution in [0.25, 0.3) is 0 Å². The molecule has 9 nitrogen and oxygen atoms in total. The van der Waals surface area contributed by atoms with Gasteiger partial charge in [0.15, 0.2) is 0 Å². The average molecular weight is 493 g/mol. The molecule has 0 aliphatic carbocycles. The molecule has 2 aromatic heterocycles. The zero-order valence-electron chi connectivity index (χ0n) is 20.4. The Kier molecular flexibility index (Phi) is 6.64. The molecule has 1 atom stereocenters. The van der Waals surface area contributed by atoms with E-state index in [0.717, 1.165) is 16.7 Å². The molecule has 1 aliphatic heterocycles. The van der Waals surface area contributed by atoms with E-state index in [2.05, 4.69) is 26.9 Å². The van der Waals surface area contributed by atoms with Crippen LogP contribution in [-0.4, -0.2) is 63.2 Å². The first kappa shape index (κ1) is 23.8. The molecule has 184 valence electrons. The van der Waals surface area contributed by atoms with Crippen molar-refractivity contribution in [3.63, 3.8) is 0 Å². The number of benzene rings is 2. The second-order valence-electron chi connectivity index (χ2n) is 8.57. The number of hydrogen-bond acceptors (Lipinski definition) is 6. The van der Waals surface area contributed by atoms with Gasteiger partial charge in [0, 0.05) is 37.6 Å². The minimum absolute atomic E-state index is 0.00382. The zero-order valence-corrected chi connectivity index (χ0v) is 20.4. The maximum Gasteiger partial charge on any atom is 0.294 e. The molecule has 9 heteroatoms. The molecule has 0 N–H and O–H groups in total. The highest BCUT2D eigenvalue weighted by Crippen LogP contribution is 2.32. The van der Waals surface area contributed by atoms with E-state index in [1.165, 1.54) is 16.1 Å². The molecule has 4 aromatic rings. The second kappa shape index (κ2) is 10.3. The van der Waals surface area contributed by atoms with Crippen molar-refractivity contribution in [2.45, 2.75) is 12.6 Å². The van der Waals surface area contributed by atoms with Crippen LogP contribution in [0.5, 0.6) is 5.75 Å². The van der Waals surface area contributed by atoms with E-state index in [4.69, 9.17) is 4.74 Å². The van der Waals surface area contributed by atoms with Gasteiger partial charge in [0.05, 0.1) is 12.2 Å². The van der Waals surface area contributed by atoms with E-state index >= 15 is 0 Å². The van der Waals surface area contributed by atoms with E-state index in [9.17, 15) is 9.59 Å². The molecule has 0 fully saturated rings. The third-order valence-electron chi connectivity index (χ3n) is 6.05. The lowest BCUT2D eigenvalue weighted by Gasteiger charge is -2.26. The number of aromatic nitrogens is 4. The number of fused-ring (bicyclic) bond motifs is 1. The average Bonchev–Trinajstić information content (AvgIpc) is 3.36. The lowest BCUT2D eigenvalue weighted by atomic mass is 10.1. The minimum Gasteiger partial charge on any atom is -0.489 e. The number of hydrogen-bond donors (Lipinski definition) is 0. The maximum atomic E-state index is 13.4. The number of ether oxygens (including phenoxy) is 1. The van der Waals surface area contributed by atoms with Crippen LogP contribution in [0.3, 0.4) is 0 Å². The molecule has 2 aromatic carbocycles. The highest BCUT2D eigenvalue weighted by Gasteiger charge is 2.35. The molecule has 0 radical (unpaired) electrons. The Morgan fingerprint density at radius 2 is 1.92 bits per heavy atom. The molecule has 1 aliphatic rings. The van der Waals surface area contributed by atoms with Crippen molar-refractivity contribution in [3.05, 3.63) is 102 Å². The predicted molar refractivity (Wildman–Crippen MR) is 137 cm³/mol. The summed E-state index contributed by atoms with van der Waals surface area (Å²) in [7, 11) is 3.22. The van der Waals surface area contributed by atoms with Crippen LogP contribution in [0.2, 0.25) is 0 Å². The summed E-state index contributed by atoms with van der Waals surface area (Å²) in [4.78, 5) is 37.6. The SMILES string of the molecule is CN1C(=O)[C@@H](N(C)C(=O)c2ncn(Cc3ccccc3)n2)COc2ccc(C#Cc3cccnc3)cc21. The number of anilines is 1. The van der Waals surface area contributed by atoms with Crippen LogP contribution in [0.4, 0.5) is 5.69 Å². The van der Waals surface area contributed by atoms with Gasteiger partial charge >= 0.3 is 0 Å². The molecule has 3 heterocycles. The Bertz CT molecular complexity index is 1490. The van der Waals surface area contributed by atoms with Crippen molar-refractivity contribution in [1.82, 2.24) is 24.6 Å². The van der Waals surface area contributed by atoms with Crippen molar-refractivity contribution >= 4 is 17.5 Å². The minimum atomic E-state index is -0.851. The lowest BCUT2D eigenvalue weighted by molar-refractivity contribution is -0.122. The highest BCUT2D eigenvalue weighted by atomic mass is 16.5. The standard InChI is InChI=1S/C28H24N6O3/c1-32-23-15-20(10-11-21-9-6-14-29-16-21)12-13-25(23)37-18-24(27(32)35)33(2)28(36)26-30-19-34(31-26)17-22-7-4-3-5-8-22/h3-9,12-16,19,24H,17-18H2,1-2H3/t24-/m0/s1. The molecular formula is C28H24N6O3. The number of amides is 2. The van der Waals surface area contributed by atoms with Gasteiger partial charge in [-0.05, 0) is 35.9 Å². The summed E-state index contributed by atoms with van der Waals surface area (Å²) >= 11 is 0. The van der Waals surface area contributed by atoms with Gasteiger partial charge in [-0.15, -0.1) is 5.10 Å². The van der Waals surface area contributed by atoms with Crippen molar-refractivity contribution < 1.29 is 14.3 Å². The summed E-state index contributed by atoms with van der Waals surface area (Å²) < 4.78 is 7.55. The molecule has 0 spiro atoms. The van der Waals surface area contributed by atoms with Crippen LogP contribution in [0, 0.1) is 11.8 Å². The lowest BCUT2D eigenvalue weighted by Crippen LogP contribution is -2.50. The van der Waals surface area contributed by atoms with Gasteiger partial charge in [-0.25, -0.2) is 9.67 Å². The van der Waals surface area contributed by atoms with E-state index in [1.54, 1.807) is 43.3 Å². The molecule has 37 heavy (non-hydrogen) atoms. The van der Waals surface area contributed by atoms with Crippen LogP contribution < -0.4 is 9.64 Å². The van der Waals surface area contributed by atoms with Gasteiger partial charge < -0.3 is 14.5 Å². The first-order valence-corrected chi connectivity index (χ1v) is 11.7. The fraction of sp³-hybridized carbons (Fsp3) is 0.179. The highest BCUT2D eigenvalue weighted by molar-refractivity contribution is 6.02. The summed E-state index contributed by atoms with van der Waals surface area (Å²) in [6.45, 7) is 0.490.